The van der Waals surface area contributed by atoms with Gasteiger partial charge in [0.2, 0.25) is 0 Å². The Morgan fingerprint density at radius 3 is 2.79 bits per heavy atom. The summed E-state index contributed by atoms with van der Waals surface area (Å²) >= 11 is 0. The number of hydrogen-bond acceptors (Lipinski definition) is 2. The second-order valence-electron chi connectivity index (χ2n) is 10.2. The van der Waals surface area contributed by atoms with Crippen LogP contribution in [0.5, 0.6) is 0 Å². The highest BCUT2D eigenvalue weighted by Gasteiger charge is 2.29. The van der Waals surface area contributed by atoms with E-state index >= 15 is 0 Å². The molecule has 0 N–H and O–H groups in total. The fourth-order valence-electron chi connectivity index (χ4n) is 5.92. The van der Waals surface area contributed by atoms with E-state index < -0.39 is 0 Å². The van der Waals surface area contributed by atoms with Gasteiger partial charge in [0, 0.05) is 25.0 Å². The summed E-state index contributed by atoms with van der Waals surface area (Å²) in [6.07, 6.45) is 18.1. The topological polar surface area (TPSA) is 29.4 Å². The van der Waals surface area contributed by atoms with Gasteiger partial charge < -0.3 is 0 Å². The van der Waals surface area contributed by atoms with Crippen LogP contribution in [0.2, 0.25) is 0 Å². The Bertz CT molecular complexity index is 1180. The molecule has 0 bridgehead atoms. The number of aliphatic imine (C=N–C) groups is 1. The molecular formula is C32H35NO. The van der Waals surface area contributed by atoms with Gasteiger partial charge in [-0.15, -0.1) is 0 Å². The number of benzene rings is 2. The van der Waals surface area contributed by atoms with Crippen LogP contribution in [-0.4, -0.2) is 11.5 Å². The van der Waals surface area contributed by atoms with Gasteiger partial charge in [-0.3, -0.25) is 9.79 Å². The molecule has 34 heavy (non-hydrogen) atoms. The van der Waals surface area contributed by atoms with Crippen molar-refractivity contribution in [3.63, 3.8) is 0 Å². The molecule has 2 aromatic carbocycles. The van der Waals surface area contributed by atoms with Crippen molar-refractivity contribution in [2.75, 3.05) is 0 Å². The zero-order chi connectivity index (χ0) is 23.3. The van der Waals surface area contributed by atoms with E-state index in [0.717, 1.165) is 30.4 Å². The minimum atomic E-state index is 0.288. The minimum Gasteiger partial charge on any atom is -0.299 e. The van der Waals surface area contributed by atoms with Crippen LogP contribution in [0.1, 0.15) is 73.1 Å². The number of hydrogen-bond donors (Lipinski definition) is 0. The van der Waals surface area contributed by atoms with Crippen LogP contribution in [-0.2, 0) is 17.6 Å². The molecule has 2 aromatic rings. The molecule has 2 unspecified atom stereocenters. The summed E-state index contributed by atoms with van der Waals surface area (Å²) in [6, 6.07) is 17.0. The average Bonchev–Trinajstić information content (AvgIpc) is 3.08. The van der Waals surface area contributed by atoms with E-state index in [2.05, 4.69) is 61.5 Å². The van der Waals surface area contributed by atoms with Gasteiger partial charge in [-0.25, -0.2) is 0 Å². The molecule has 2 atom stereocenters. The highest BCUT2D eigenvalue weighted by molar-refractivity contribution is 6.05. The third-order valence-electron chi connectivity index (χ3n) is 7.77. The number of carbonyl (C=O) groups is 1. The standard InChI is InChI=1S/C32H35NO/c1-23-9-2-3-12-26(23)22-30(34)20-24-10-6-13-27(19-24)28-14-7-15-29(21-28)32-31-17-5-4-11-25(31)16-8-18-33-32/h2-3,5-6,8-10,12-13,17-19,28-29H,4,7,11,14-16,20-22H2,1H3. The van der Waals surface area contributed by atoms with E-state index in [1.165, 1.54) is 48.1 Å². The Balaban J connectivity index is 1.29. The molecule has 174 valence electrons. The smallest absolute Gasteiger partial charge is 0.141 e. The maximum atomic E-state index is 12.8. The fourth-order valence-corrected chi connectivity index (χ4v) is 5.92. The summed E-state index contributed by atoms with van der Waals surface area (Å²) in [5.41, 5.74) is 9.16. The fraction of sp³-hybridized carbons (Fsp3) is 0.375. The summed E-state index contributed by atoms with van der Waals surface area (Å²) in [5, 5.41) is 0. The molecule has 0 aromatic heterocycles. The molecule has 2 nitrogen and oxygen atoms in total. The molecule has 0 amide bonds. The van der Waals surface area contributed by atoms with E-state index in [0.29, 0.717) is 24.7 Å². The number of rotatable bonds is 6. The summed E-state index contributed by atoms with van der Waals surface area (Å²) in [4.78, 5) is 17.8. The van der Waals surface area contributed by atoms with Gasteiger partial charge in [-0.1, -0.05) is 78.8 Å². The summed E-state index contributed by atoms with van der Waals surface area (Å²) in [6.45, 7) is 2.08. The monoisotopic (exact) mass is 449 g/mol. The maximum Gasteiger partial charge on any atom is 0.141 e. The summed E-state index contributed by atoms with van der Waals surface area (Å²) < 4.78 is 0. The molecule has 3 aliphatic rings. The Morgan fingerprint density at radius 2 is 1.88 bits per heavy atom. The third kappa shape index (κ3) is 5.22. The lowest BCUT2D eigenvalue weighted by Crippen LogP contribution is -2.24. The molecule has 0 spiro atoms. The lowest BCUT2D eigenvalue weighted by Gasteiger charge is -2.32. The van der Waals surface area contributed by atoms with Crippen LogP contribution in [0.3, 0.4) is 0 Å². The van der Waals surface area contributed by atoms with Crippen LogP contribution in [0.15, 0.2) is 89.1 Å². The van der Waals surface area contributed by atoms with Gasteiger partial charge in [0.1, 0.15) is 5.78 Å². The van der Waals surface area contributed by atoms with E-state index in [9.17, 15) is 4.79 Å². The van der Waals surface area contributed by atoms with Crippen molar-refractivity contribution < 1.29 is 4.79 Å². The number of Topliss-reactive ketones (excluding diaryl/α,β-unsaturated/α-hetero) is 1. The van der Waals surface area contributed by atoms with Crippen LogP contribution in [0.4, 0.5) is 0 Å². The van der Waals surface area contributed by atoms with Gasteiger partial charge in [-0.2, -0.15) is 0 Å². The van der Waals surface area contributed by atoms with E-state index in [-0.39, 0.29) is 5.78 Å². The van der Waals surface area contributed by atoms with Crippen molar-refractivity contribution in [3.8, 4) is 0 Å². The van der Waals surface area contributed by atoms with Gasteiger partial charge in [-0.05, 0) is 79.2 Å². The average molecular weight is 450 g/mol. The first-order valence-corrected chi connectivity index (χ1v) is 12.9. The second-order valence-corrected chi connectivity index (χ2v) is 10.2. The molecule has 1 fully saturated rings. The first kappa shape index (κ1) is 22.8. The predicted octanol–water partition coefficient (Wildman–Crippen LogP) is 7.63. The highest BCUT2D eigenvalue weighted by atomic mass is 16.1. The second kappa shape index (κ2) is 10.5. The molecule has 0 saturated heterocycles. The van der Waals surface area contributed by atoms with Crippen molar-refractivity contribution in [3.05, 3.63) is 106 Å². The number of allylic oxidation sites excluding steroid dienone is 5. The Hall–Kier alpha value is -3.00. The SMILES string of the molecule is Cc1ccccc1CC(=O)Cc1cccc(C2CCCC(C3=NC=CCC4=C3C=CCC4)C2)c1. The van der Waals surface area contributed by atoms with Crippen LogP contribution >= 0.6 is 0 Å². The molecule has 5 rings (SSSR count). The van der Waals surface area contributed by atoms with Gasteiger partial charge >= 0.3 is 0 Å². The first-order valence-electron chi connectivity index (χ1n) is 12.9. The lowest BCUT2D eigenvalue weighted by molar-refractivity contribution is -0.117. The number of ketones is 1. The van der Waals surface area contributed by atoms with E-state index in [4.69, 9.17) is 4.99 Å². The van der Waals surface area contributed by atoms with Crippen molar-refractivity contribution in [1.82, 2.24) is 0 Å². The maximum absolute atomic E-state index is 12.8. The zero-order valence-corrected chi connectivity index (χ0v) is 20.3. The Morgan fingerprint density at radius 1 is 1.00 bits per heavy atom. The largest absolute Gasteiger partial charge is 0.299 e. The van der Waals surface area contributed by atoms with E-state index in [1.807, 2.05) is 18.3 Å². The molecule has 0 radical (unpaired) electrons. The molecule has 1 saturated carbocycles. The summed E-state index contributed by atoms with van der Waals surface area (Å²) in [5.74, 6) is 1.34. The normalized spacial score (nSPS) is 22.2. The molecule has 1 aliphatic heterocycles. The number of carbonyl (C=O) groups excluding carboxylic acids is 1. The van der Waals surface area contributed by atoms with Crippen molar-refractivity contribution in [1.29, 1.82) is 0 Å². The van der Waals surface area contributed by atoms with Gasteiger partial charge in [0.05, 0.1) is 5.71 Å². The van der Waals surface area contributed by atoms with Gasteiger partial charge in [0.25, 0.3) is 0 Å². The Kier molecular flexibility index (Phi) is 7.04. The molecule has 1 heterocycles. The van der Waals surface area contributed by atoms with Crippen LogP contribution in [0, 0.1) is 12.8 Å². The van der Waals surface area contributed by atoms with E-state index in [1.54, 1.807) is 5.57 Å². The number of nitrogens with zero attached hydrogens (tertiary/aromatic N) is 1. The quantitative estimate of drug-likeness (QED) is 0.446. The third-order valence-corrected chi connectivity index (χ3v) is 7.77. The minimum absolute atomic E-state index is 0.288. The Labute approximate surface area is 204 Å². The van der Waals surface area contributed by atoms with Crippen molar-refractivity contribution >= 4 is 11.5 Å². The highest BCUT2D eigenvalue weighted by Crippen LogP contribution is 2.40. The van der Waals surface area contributed by atoms with Crippen molar-refractivity contribution in [2.45, 2.75) is 70.6 Å². The molecule has 2 aliphatic carbocycles. The van der Waals surface area contributed by atoms with Gasteiger partial charge in [0.15, 0.2) is 0 Å². The van der Waals surface area contributed by atoms with Crippen LogP contribution < -0.4 is 0 Å². The molecule has 2 heteroatoms. The number of aryl methyl sites for hydroxylation is 1. The molecular weight excluding hydrogens is 414 g/mol. The zero-order valence-electron chi connectivity index (χ0n) is 20.3. The van der Waals surface area contributed by atoms with Crippen LogP contribution in [0.25, 0.3) is 0 Å². The predicted molar refractivity (Wildman–Crippen MR) is 141 cm³/mol. The van der Waals surface area contributed by atoms with Crippen molar-refractivity contribution in [2.24, 2.45) is 10.9 Å². The lowest BCUT2D eigenvalue weighted by atomic mass is 9.73. The summed E-state index contributed by atoms with van der Waals surface area (Å²) in [7, 11) is 0. The first-order chi connectivity index (χ1) is 16.7.